The van der Waals surface area contributed by atoms with E-state index in [-0.39, 0.29) is 11.9 Å². The van der Waals surface area contributed by atoms with E-state index in [0.29, 0.717) is 41.6 Å². The number of nitrogens with one attached hydrogen (secondary N) is 2. The highest BCUT2D eigenvalue weighted by atomic mass is 32.1. The molecule has 0 aliphatic carbocycles. The van der Waals surface area contributed by atoms with Crippen LogP contribution >= 0.6 is 11.3 Å². The summed E-state index contributed by atoms with van der Waals surface area (Å²) in [5, 5.41) is 15.4. The lowest BCUT2D eigenvalue weighted by Gasteiger charge is -2.22. The molecule has 1 aromatic carbocycles. The molecule has 0 bridgehead atoms. The second-order valence-corrected chi connectivity index (χ2v) is 7.59. The Morgan fingerprint density at radius 1 is 1.10 bits per heavy atom. The Kier molecular flexibility index (Phi) is 5.87. The molecule has 29 heavy (non-hydrogen) atoms. The molecular weight excluding hydrogens is 391 g/mol. The predicted octanol–water partition coefficient (Wildman–Crippen LogP) is 4.30. The first-order chi connectivity index (χ1) is 14.2. The van der Waals surface area contributed by atoms with E-state index in [1.165, 1.54) is 11.3 Å². The Balaban J connectivity index is 1.35. The number of benzene rings is 1. The number of urea groups is 1. The third kappa shape index (κ3) is 5.21. The molecule has 9 heteroatoms. The van der Waals surface area contributed by atoms with Crippen molar-refractivity contribution < 1.29 is 9.18 Å². The molecule has 1 aliphatic heterocycles. The number of amides is 2. The van der Waals surface area contributed by atoms with E-state index in [0.717, 1.165) is 11.6 Å². The first-order valence-corrected chi connectivity index (χ1v) is 9.96. The number of rotatable bonds is 5. The van der Waals surface area contributed by atoms with Crippen LogP contribution in [0.15, 0.2) is 60.6 Å². The van der Waals surface area contributed by atoms with Crippen molar-refractivity contribution in [2.24, 2.45) is 0 Å². The average Bonchev–Trinajstić information content (AvgIpc) is 3.18. The van der Waals surface area contributed by atoms with Crippen molar-refractivity contribution in [1.82, 2.24) is 20.1 Å². The average molecular weight is 410 g/mol. The third-order valence-corrected chi connectivity index (χ3v) is 5.21. The number of anilines is 2. The molecule has 7 nitrogen and oxygen atoms in total. The van der Waals surface area contributed by atoms with E-state index in [4.69, 9.17) is 0 Å². The number of halogens is 1. The minimum Gasteiger partial charge on any atom is -0.308 e. The van der Waals surface area contributed by atoms with Gasteiger partial charge in [0, 0.05) is 12.2 Å². The number of hydrogen-bond donors (Lipinski definition) is 2. The zero-order valence-corrected chi connectivity index (χ0v) is 16.3. The van der Waals surface area contributed by atoms with Crippen molar-refractivity contribution in [3.05, 3.63) is 65.6 Å². The summed E-state index contributed by atoms with van der Waals surface area (Å²) < 4.78 is 13.4. The zero-order chi connectivity index (χ0) is 20.1. The largest absolute Gasteiger partial charge is 0.323 e. The van der Waals surface area contributed by atoms with Crippen molar-refractivity contribution in [3.8, 4) is 10.7 Å². The molecule has 2 aromatic heterocycles. The lowest BCUT2D eigenvalue weighted by atomic mass is 10.2. The Hall–Kier alpha value is -3.17. The van der Waals surface area contributed by atoms with Gasteiger partial charge in [-0.1, -0.05) is 35.6 Å². The van der Waals surface area contributed by atoms with Crippen LogP contribution in [0.3, 0.4) is 0 Å². The van der Waals surface area contributed by atoms with Gasteiger partial charge in [-0.3, -0.25) is 9.88 Å². The number of hydrogen-bond acceptors (Lipinski definition) is 6. The van der Waals surface area contributed by atoms with Gasteiger partial charge in [0.25, 0.3) is 0 Å². The Morgan fingerprint density at radius 3 is 2.69 bits per heavy atom. The number of pyridine rings is 1. The number of carbonyl (C=O) groups excluding carboxylic acids is 1. The van der Waals surface area contributed by atoms with Gasteiger partial charge in [0.15, 0.2) is 5.01 Å². The van der Waals surface area contributed by atoms with Gasteiger partial charge in [0.05, 0.1) is 25.0 Å². The molecule has 4 rings (SSSR count). The van der Waals surface area contributed by atoms with Crippen LogP contribution in [-0.2, 0) is 6.54 Å². The SMILES string of the molecule is O=C(Nc1ccccc1)Nc1ccc(-c2nnc(CN3CCC=C(F)C3)s2)nc1. The summed E-state index contributed by atoms with van der Waals surface area (Å²) in [6.45, 7) is 1.70. The highest BCUT2D eigenvalue weighted by Gasteiger charge is 2.16. The van der Waals surface area contributed by atoms with Crippen molar-refractivity contribution in [3.63, 3.8) is 0 Å². The number of nitrogens with zero attached hydrogens (tertiary/aromatic N) is 4. The molecule has 0 fully saturated rings. The van der Waals surface area contributed by atoms with Crippen LogP contribution in [-0.4, -0.2) is 39.2 Å². The summed E-state index contributed by atoms with van der Waals surface area (Å²) in [5.41, 5.74) is 1.95. The van der Waals surface area contributed by atoms with Crippen LogP contribution in [0.25, 0.3) is 10.7 Å². The van der Waals surface area contributed by atoms with Gasteiger partial charge in [-0.05, 0) is 30.7 Å². The lowest BCUT2D eigenvalue weighted by molar-refractivity contribution is 0.258. The molecule has 0 saturated heterocycles. The van der Waals surface area contributed by atoms with Crippen molar-refractivity contribution in [2.75, 3.05) is 23.7 Å². The summed E-state index contributed by atoms with van der Waals surface area (Å²) in [5.74, 6) is -0.0953. The van der Waals surface area contributed by atoms with Crippen LogP contribution < -0.4 is 10.6 Å². The highest BCUT2D eigenvalue weighted by Crippen LogP contribution is 2.24. The maximum absolute atomic E-state index is 13.4. The topological polar surface area (TPSA) is 83.0 Å². The standard InChI is InChI=1S/C20H19FN6OS/c21-14-5-4-10-27(12-14)13-18-25-26-19(29-18)17-9-8-16(11-22-17)24-20(28)23-15-6-2-1-3-7-15/h1-3,5-9,11H,4,10,12-13H2,(H2,23,24,28). The van der Waals surface area contributed by atoms with Gasteiger partial charge < -0.3 is 10.6 Å². The maximum Gasteiger partial charge on any atom is 0.323 e. The first-order valence-electron chi connectivity index (χ1n) is 9.14. The van der Waals surface area contributed by atoms with E-state index < -0.39 is 0 Å². The van der Waals surface area contributed by atoms with Gasteiger partial charge >= 0.3 is 6.03 Å². The van der Waals surface area contributed by atoms with E-state index in [1.54, 1.807) is 24.4 Å². The quantitative estimate of drug-likeness (QED) is 0.655. The number of aromatic nitrogens is 3. The summed E-state index contributed by atoms with van der Waals surface area (Å²) in [7, 11) is 0. The van der Waals surface area contributed by atoms with Crippen molar-refractivity contribution in [2.45, 2.75) is 13.0 Å². The van der Waals surface area contributed by atoms with E-state index in [9.17, 15) is 9.18 Å². The van der Waals surface area contributed by atoms with Crippen molar-refractivity contribution in [1.29, 1.82) is 0 Å². The van der Waals surface area contributed by atoms with Crippen LogP contribution in [0, 0.1) is 0 Å². The van der Waals surface area contributed by atoms with Gasteiger partial charge in [-0.15, -0.1) is 10.2 Å². The second-order valence-electron chi connectivity index (χ2n) is 6.53. The number of carbonyl (C=O) groups is 1. The smallest absolute Gasteiger partial charge is 0.308 e. The molecule has 148 valence electrons. The fourth-order valence-corrected chi connectivity index (χ4v) is 3.78. The Labute approximate surface area is 171 Å². The predicted molar refractivity (Wildman–Crippen MR) is 111 cm³/mol. The normalized spacial score (nSPS) is 14.3. The van der Waals surface area contributed by atoms with Crippen LogP contribution in [0.1, 0.15) is 11.4 Å². The van der Waals surface area contributed by atoms with Crippen LogP contribution in [0.4, 0.5) is 20.6 Å². The van der Waals surface area contributed by atoms with E-state index in [1.807, 2.05) is 35.2 Å². The molecule has 0 saturated carbocycles. The molecule has 3 heterocycles. The van der Waals surface area contributed by atoms with Crippen LogP contribution in [0.2, 0.25) is 0 Å². The van der Waals surface area contributed by atoms with Crippen molar-refractivity contribution >= 4 is 28.7 Å². The monoisotopic (exact) mass is 410 g/mol. The summed E-state index contributed by atoms with van der Waals surface area (Å²) >= 11 is 1.43. The molecular formula is C20H19FN6OS. The minimum atomic E-state index is -0.341. The van der Waals surface area contributed by atoms with Gasteiger partial charge in [0.2, 0.25) is 0 Å². The van der Waals surface area contributed by atoms with Gasteiger partial charge in [-0.2, -0.15) is 0 Å². The summed E-state index contributed by atoms with van der Waals surface area (Å²) in [6.07, 6.45) is 3.92. The Bertz CT molecular complexity index is 1010. The lowest BCUT2D eigenvalue weighted by Crippen LogP contribution is -2.28. The zero-order valence-electron chi connectivity index (χ0n) is 15.5. The molecule has 3 aromatic rings. The molecule has 2 N–H and O–H groups in total. The maximum atomic E-state index is 13.4. The van der Waals surface area contributed by atoms with E-state index in [2.05, 4.69) is 25.8 Å². The minimum absolute atomic E-state index is 0.0953. The molecule has 0 spiro atoms. The van der Waals surface area contributed by atoms with E-state index >= 15 is 0 Å². The summed E-state index contributed by atoms with van der Waals surface area (Å²) in [6, 6.07) is 12.4. The third-order valence-electron chi connectivity index (χ3n) is 4.28. The fourth-order valence-electron chi connectivity index (χ4n) is 2.92. The highest BCUT2D eigenvalue weighted by molar-refractivity contribution is 7.14. The molecule has 0 radical (unpaired) electrons. The Morgan fingerprint density at radius 2 is 1.93 bits per heavy atom. The van der Waals surface area contributed by atoms with Gasteiger partial charge in [-0.25, -0.2) is 9.18 Å². The number of para-hydroxylation sites is 1. The van der Waals surface area contributed by atoms with Crippen LogP contribution in [0.5, 0.6) is 0 Å². The van der Waals surface area contributed by atoms with Gasteiger partial charge in [0.1, 0.15) is 16.5 Å². The molecule has 0 unspecified atom stereocenters. The molecule has 0 atom stereocenters. The molecule has 1 aliphatic rings. The summed E-state index contributed by atoms with van der Waals surface area (Å²) in [4.78, 5) is 18.4. The fraction of sp³-hybridized carbons (Fsp3) is 0.200. The first kappa shape index (κ1) is 19.2. The second kappa shape index (κ2) is 8.89. The molecule has 2 amide bonds.